The number of nitrogens with zero attached hydrogens (tertiary/aromatic N) is 3. The zero-order chi connectivity index (χ0) is 21.1. The zero-order valence-corrected chi connectivity index (χ0v) is 17.0. The second-order valence-electron chi connectivity index (χ2n) is 6.83. The van der Waals surface area contributed by atoms with Gasteiger partial charge in [-0.05, 0) is 42.0 Å². The first-order valence-corrected chi connectivity index (χ1v) is 9.46. The maximum atomic E-state index is 13.1. The van der Waals surface area contributed by atoms with Crippen molar-refractivity contribution in [3.63, 3.8) is 0 Å². The first-order valence-electron chi connectivity index (χ1n) is 9.46. The van der Waals surface area contributed by atoms with E-state index in [1.54, 1.807) is 26.5 Å². The number of benzene rings is 2. The Balaban J connectivity index is 1.66. The molecule has 0 spiro atoms. The summed E-state index contributed by atoms with van der Waals surface area (Å²) < 4.78 is 12.4. The smallest absolute Gasteiger partial charge is 0.270 e. The molecule has 0 aliphatic heterocycles. The number of aryl methyl sites for hydroxylation is 1. The maximum absolute atomic E-state index is 13.1. The summed E-state index contributed by atoms with van der Waals surface area (Å²) >= 11 is 0. The van der Waals surface area contributed by atoms with E-state index in [0.717, 1.165) is 33.8 Å². The molecule has 152 valence electrons. The predicted octanol–water partition coefficient (Wildman–Crippen LogP) is 3.50. The number of methoxy groups -OCH3 is 2. The quantitative estimate of drug-likeness (QED) is 0.534. The minimum Gasteiger partial charge on any atom is -0.497 e. The van der Waals surface area contributed by atoms with E-state index in [1.165, 1.54) is 0 Å². The van der Waals surface area contributed by atoms with Crippen molar-refractivity contribution in [3.8, 4) is 11.5 Å². The Kier molecular flexibility index (Phi) is 5.34. The van der Waals surface area contributed by atoms with Crippen LogP contribution in [0.3, 0.4) is 0 Å². The van der Waals surface area contributed by atoms with Crippen LogP contribution >= 0.6 is 0 Å². The summed E-state index contributed by atoms with van der Waals surface area (Å²) in [4.78, 5) is 22.0. The van der Waals surface area contributed by atoms with Crippen molar-refractivity contribution >= 4 is 16.8 Å². The number of carbonyl (C=O) groups is 1. The SMILES string of the molecule is COc1ccc(C(NC(=O)c2ccc3cc(OC)ccc3n2)c2nccn2C)cc1. The summed E-state index contributed by atoms with van der Waals surface area (Å²) in [6.07, 6.45) is 3.55. The van der Waals surface area contributed by atoms with Gasteiger partial charge in [0, 0.05) is 24.8 Å². The molecule has 0 bridgehead atoms. The van der Waals surface area contributed by atoms with E-state index >= 15 is 0 Å². The van der Waals surface area contributed by atoms with Crippen molar-refractivity contribution in [2.75, 3.05) is 14.2 Å². The van der Waals surface area contributed by atoms with E-state index < -0.39 is 6.04 Å². The number of imidazole rings is 1. The average molecular weight is 402 g/mol. The van der Waals surface area contributed by atoms with Gasteiger partial charge in [0.2, 0.25) is 0 Å². The summed E-state index contributed by atoms with van der Waals surface area (Å²) in [5, 5.41) is 3.97. The third-order valence-electron chi connectivity index (χ3n) is 4.97. The number of amides is 1. The van der Waals surface area contributed by atoms with Crippen LogP contribution in [0, 0.1) is 0 Å². The normalized spacial score (nSPS) is 11.8. The fourth-order valence-corrected chi connectivity index (χ4v) is 3.31. The number of ether oxygens (including phenoxy) is 2. The van der Waals surface area contributed by atoms with Gasteiger partial charge in [0.25, 0.3) is 5.91 Å². The van der Waals surface area contributed by atoms with Gasteiger partial charge in [-0.1, -0.05) is 18.2 Å². The number of hydrogen-bond acceptors (Lipinski definition) is 5. The molecule has 4 rings (SSSR count). The molecule has 2 aromatic carbocycles. The molecule has 4 aromatic rings. The summed E-state index contributed by atoms with van der Waals surface area (Å²) in [7, 11) is 5.13. The minimum atomic E-state index is -0.434. The molecule has 1 N–H and O–H groups in total. The average Bonchev–Trinajstić information content (AvgIpc) is 3.22. The molecule has 0 aliphatic carbocycles. The summed E-state index contributed by atoms with van der Waals surface area (Å²) in [6.45, 7) is 0. The van der Waals surface area contributed by atoms with Gasteiger partial charge in [0.1, 0.15) is 29.1 Å². The molecule has 0 saturated heterocycles. The van der Waals surface area contributed by atoms with E-state index in [-0.39, 0.29) is 5.91 Å². The Hall–Kier alpha value is -3.87. The highest BCUT2D eigenvalue weighted by molar-refractivity contribution is 5.95. The van der Waals surface area contributed by atoms with Crippen molar-refractivity contribution in [1.29, 1.82) is 0 Å². The fraction of sp³-hybridized carbons (Fsp3) is 0.174. The van der Waals surface area contributed by atoms with E-state index in [9.17, 15) is 4.79 Å². The molecular weight excluding hydrogens is 380 g/mol. The number of hydrogen-bond donors (Lipinski definition) is 1. The number of nitrogens with one attached hydrogen (secondary N) is 1. The number of aromatic nitrogens is 3. The topological polar surface area (TPSA) is 78.3 Å². The Morgan fingerprint density at radius 3 is 2.40 bits per heavy atom. The van der Waals surface area contributed by atoms with Gasteiger partial charge in [-0.2, -0.15) is 0 Å². The van der Waals surface area contributed by atoms with Gasteiger partial charge >= 0.3 is 0 Å². The highest BCUT2D eigenvalue weighted by Gasteiger charge is 2.22. The van der Waals surface area contributed by atoms with Crippen LogP contribution in [-0.2, 0) is 7.05 Å². The minimum absolute atomic E-state index is 0.281. The van der Waals surface area contributed by atoms with Crippen molar-refractivity contribution in [2.24, 2.45) is 7.05 Å². The Bertz CT molecular complexity index is 1180. The van der Waals surface area contributed by atoms with Crippen molar-refractivity contribution in [3.05, 3.63) is 84.1 Å². The third kappa shape index (κ3) is 3.82. The number of carbonyl (C=O) groups excluding carboxylic acids is 1. The second-order valence-corrected chi connectivity index (χ2v) is 6.83. The molecule has 0 fully saturated rings. The lowest BCUT2D eigenvalue weighted by molar-refractivity contribution is 0.0936. The molecule has 1 amide bonds. The highest BCUT2D eigenvalue weighted by Crippen LogP contribution is 2.24. The number of fused-ring (bicyclic) bond motifs is 1. The molecule has 0 radical (unpaired) electrons. The number of pyridine rings is 1. The molecule has 0 saturated carbocycles. The molecule has 30 heavy (non-hydrogen) atoms. The largest absolute Gasteiger partial charge is 0.497 e. The van der Waals surface area contributed by atoms with Gasteiger partial charge in [-0.25, -0.2) is 9.97 Å². The summed E-state index contributed by atoms with van der Waals surface area (Å²) in [6, 6.07) is 16.2. The van der Waals surface area contributed by atoms with Gasteiger partial charge in [0.05, 0.1) is 19.7 Å². The molecule has 7 nitrogen and oxygen atoms in total. The van der Waals surface area contributed by atoms with E-state index in [1.807, 2.05) is 66.3 Å². The molecule has 1 atom stereocenters. The van der Waals surface area contributed by atoms with E-state index in [2.05, 4.69) is 15.3 Å². The zero-order valence-electron chi connectivity index (χ0n) is 17.0. The van der Waals surface area contributed by atoms with Crippen LogP contribution in [0.1, 0.15) is 27.9 Å². The highest BCUT2D eigenvalue weighted by atomic mass is 16.5. The lowest BCUT2D eigenvalue weighted by Crippen LogP contribution is -2.31. The van der Waals surface area contributed by atoms with Crippen LogP contribution < -0.4 is 14.8 Å². The lowest BCUT2D eigenvalue weighted by Gasteiger charge is -2.19. The van der Waals surface area contributed by atoms with Gasteiger partial charge in [0.15, 0.2) is 0 Å². The fourth-order valence-electron chi connectivity index (χ4n) is 3.31. The van der Waals surface area contributed by atoms with Gasteiger partial charge < -0.3 is 19.4 Å². The van der Waals surface area contributed by atoms with Crippen LogP contribution in [0.5, 0.6) is 11.5 Å². The van der Waals surface area contributed by atoms with Crippen LogP contribution in [-0.4, -0.2) is 34.7 Å². The summed E-state index contributed by atoms with van der Waals surface area (Å²) in [5.74, 6) is 1.93. The van der Waals surface area contributed by atoms with Crippen LogP contribution in [0.25, 0.3) is 10.9 Å². The first-order chi connectivity index (χ1) is 14.6. The lowest BCUT2D eigenvalue weighted by atomic mass is 10.1. The molecule has 7 heteroatoms. The number of rotatable bonds is 6. The van der Waals surface area contributed by atoms with Gasteiger partial charge in [-0.15, -0.1) is 0 Å². The van der Waals surface area contributed by atoms with Crippen LogP contribution in [0.2, 0.25) is 0 Å². The van der Waals surface area contributed by atoms with E-state index in [0.29, 0.717) is 5.69 Å². The van der Waals surface area contributed by atoms with Crippen LogP contribution in [0.15, 0.2) is 67.0 Å². The molecule has 2 aromatic heterocycles. The van der Waals surface area contributed by atoms with E-state index in [4.69, 9.17) is 9.47 Å². The monoisotopic (exact) mass is 402 g/mol. The maximum Gasteiger partial charge on any atom is 0.270 e. The standard InChI is InChI=1S/C23H22N4O3/c1-27-13-12-24-22(27)21(15-4-7-17(29-2)8-5-15)26-23(28)20-10-6-16-14-18(30-3)9-11-19(16)25-20/h4-14,21H,1-3H3,(H,26,28). The van der Waals surface area contributed by atoms with Crippen molar-refractivity contribution in [2.45, 2.75) is 6.04 Å². The first kappa shape index (κ1) is 19.4. The summed E-state index contributed by atoms with van der Waals surface area (Å²) in [5.41, 5.74) is 1.95. The molecular formula is C23H22N4O3. The second kappa shape index (κ2) is 8.24. The van der Waals surface area contributed by atoms with Crippen molar-refractivity contribution < 1.29 is 14.3 Å². The van der Waals surface area contributed by atoms with Crippen LogP contribution in [0.4, 0.5) is 0 Å². The molecule has 1 unspecified atom stereocenters. The van der Waals surface area contributed by atoms with Gasteiger partial charge in [-0.3, -0.25) is 4.79 Å². The Morgan fingerprint density at radius 2 is 1.73 bits per heavy atom. The predicted molar refractivity (Wildman–Crippen MR) is 114 cm³/mol. The van der Waals surface area contributed by atoms with Crippen molar-refractivity contribution in [1.82, 2.24) is 19.9 Å². The Labute approximate surface area is 174 Å². The molecule has 2 heterocycles. The Morgan fingerprint density at radius 1 is 1.00 bits per heavy atom. The third-order valence-corrected chi connectivity index (χ3v) is 4.97. The molecule has 0 aliphatic rings.